The van der Waals surface area contributed by atoms with E-state index in [4.69, 9.17) is 11.6 Å². The summed E-state index contributed by atoms with van der Waals surface area (Å²) in [6.45, 7) is 4.61. The van der Waals surface area contributed by atoms with Gasteiger partial charge in [0.1, 0.15) is 5.38 Å². The van der Waals surface area contributed by atoms with Gasteiger partial charge in [-0.15, -0.1) is 11.6 Å². The Hall–Kier alpha value is -1.75. The predicted octanol–water partition coefficient (Wildman–Crippen LogP) is 1.84. The van der Waals surface area contributed by atoms with Crippen molar-refractivity contribution in [3.05, 3.63) is 35.9 Å². The highest BCUT2D eigenvalue weighted by molar-refractivity contribution is 6.30. The van der Waals surface area contributed by atoms with Crippen molar-refractivity contribution in [2.75, 3.05) is 32.7 Å². The second-order valence-electron chi connectivity index (χ2n) is 4.92. The average molecular weight is 310 g/mol. The maximum absolute atomic E-state index is 12.4. The first-order valence-corrected chi connectivity index (χ1v) is 7.57. The number of benzene rings is 1. The third-order valence-electron chi connectivity index (χ3n) is 3.52. The molecule has 2 rings (SSSR count). The molecule has 0 aliphatic carbocycles. The first-order valence-electron chi connectivity index (χ1n) is 7.14. The normalized spacial score (nSPS) is 16.5. The number of halogens is 1. The molecular weight excluding hydrogens is 290 g/mol. The number of hydrogen-bond acceptors (Lipinski definition) is 2. The third kappa shape index (κ3) is 3.88. The highest BCUT2D eigenvalue weighted by Gasteiger charge is 2.28. The number of hydrogen-bond donors (Lipinski definition) is 1. The first kappa shape index (κ1) is 15.6. The van der Waals surface area contributed by atoms with Gasteiger partial charge in [-0.1, -0.05) is 30.3 Å². The van der Waals surface area contributed by atoms with Gasteiger partial charge in [0.25, 0.3) is 0 Å². The van der Waals surface area contributed by atoms with E-state index in [1.807, 2.05) is 37.3 Å². The van der Waals surface area contributed by atoms with Crippen molar-refractivity contribution in [3.8, 4) is 0 Å². The van der Waals surface area contributed by atoms with Gasteiger partial charge < -0.3 is 15.1 Å². The smallest absolute Gasteiger partial charge is 0.317 e. The van der Waals surface area contributed by atoms with Crippen molar-refractivity contribution in [1.29, 1.82) is 0 Å². The van der Waals surface area contributed by atoms with Gasteiger partial charge in [-0.3, -0.25) is 4.79 Å². The SMILES string of the molecule is CCNC(=O)N1CCN(C(=O)C(Cl)c2ccccc2)CC1. The molecule has 0 spiro atoms. The number of rotatable bonds is 3. The Balaban J connectivity index is 1.90. The molecule has 1 aromatic carbocycles. The molecule has 114 valence electrons. The number of urea groups is 1. The fraction of sp³-hybridized carbons (Fsp3) is 0.467. The van der Waals surface area contributed by atoms with Crippen LogP contribution in [0.3, 0.4) is 0 Å². The van der Waals surface area contributed by atoms with Gasteiger partial charge in [0, 0.05) is 32.7 Å². The molecule has 1 atom stereocenters. The van der Waals surface area contributed by atoms with Crippen LogP contribution in [0.5, 0.6) is 0 Å². The number of alkyl halides is 1. The molecule has 1 saturated heterocycles. The number of nitrogens with zero attached hydrogens (tertiary/aromatic N) is 2. The monoisotopic (exact) mass is 309 g/mol. The fourth-order valence-corrected chi connectivity index (χ4v) is 2.60. The molecule has 0 saturated carbocycles. The summed E-state index contributed by atoms with van der Waals surface area (Å²) in [7, 11) is 0. The van der Waals surface area contributed by atoms with Crippen molar-refractivity contribution in [2.24, 2.45) is 0 Å². The summed E-state index contributed by atoms with van der Waals surface area (Å²) in [6, 6.07) is 9.25. The fourth-order valence-electron chi connectivity index (χ4n) is 2.32. The van der Waals surface area contributed by atoms with Gasteiger partial charge in [-0.2, -0.15) is 0 Å². The van der Waals surface area contributed by atoms with Gasteiger partial charge in [0.2, 0.25) is 5.91 Å². The molecule has 1 aromatic rings. The second-order valence-corrected chi connectivity index (χ2v) is 5.36. The number of amides is 3. The van der Waals surface area contributed by atoms with E-state index in [-0.39, 0.29) is 11.9 Å². The third-order valence-corrected chi connectivity index (χ3v) is 3.95. The van der Waals surface area contributed by atoms with Crippen LogP contribution in [0.25, 0.3) is 0 Å². The zero-order valence-corrected chi connectivity index (χ0v) is 12.8. The van der Waals surface area contributed by atoms with Crippen LogP contribution in [0.1, 0.15) is 17.9 Å². The van der Waals surface area contributed by atoms with E-state index in [1.54, 1.807) is 9.80 Å². The van der Waals surface area contributed by atoms with E-state index in [9.17, 15) is 9.59 Å². The molecule has 21 heavy (non-hydrogen) atoms. The largest absolute Gasteiger partial charge is 0.338 e. The molecule has 0 radical (unpaired) electrons. The molecule has 1 heterocycles. The Morgan fingerprint density at radius 2 is 1.71 bits per heavy atom. The van der Waals surface area contributed by atoms with Crippen molar-refractivity contribution in [2.45, 2.75) is 12.3 Å². The maximum Gasteiger partial charge on any atom is 0.317 e. The van der Waals surface area contributed by atoms with E-state index in [2.05, 4.69) is 5.32 Å². The quantitative estimate of drug-likeness (QED) is 0.866. The van der Waals surface area contributed by atoms with Crippen LogP contribution in [-0.4, -0.2) is 54.5 Å². The molecule has 6 heteroatoms. The Morgan fingerprint density at radius 3 is 2.29 bits per heavy atom. The summed E-state index contributed by atoms with van der Waals surface area (Å²) in [6.07, 6.45) is 0. The zero-order valence-electron chi connectivity index (χ0n) is 12.1. The van der Waals surface area contributed by atoms with Crippen LogP contribution in [-0.2, 0) is 4.79 Å². The summed E-state index contributed by atoms with van der Waals surface area (Å²) in [4.78, 5) is 27.5. The van der Waals surface area contributed by atoms with E-state index < -0.39 is 5.38 Å². The Bertz CT molecular complexity index is 487. The maximum atomic E-state index is 12.4. The minimum absolute atomic E-state index is 0.0740. The Labute approximate surface area is 129 Å². The van der Waals surface area contributed by atoms with E-state index in [0.717, 1.165) is 5.56 Å². The van der Waals surface area contributed by atoms with E-state index in [1.165, 1.54) is 0 Å². The van der Waals surface area contributed by atoms with Gasteiger partial charge in [0.05, 0.1) is 0 Å². The van der Waals surface area contributed by atoms with Crippen LogP contribution in [0, 0.1) is 0 Å². The molecule has 1 aliphatic heterocycles. The highest BCUT2D eigenvalue weighted by atomic mass is 35.5. The highest BCUT2D eigenvalue weighted by Crippen LogP contribution is 2.23. The summed E-state index contributed by atoms with van der Waals surface area (Å²) in [5, 5.41) is 2.10. The summed E-state index contributed by atoms with van der Waals surface area (Å²) >= 11 is 6.25. The molecule has 5 nitrogen and oxygen atoms in total. The van der Waals surface area contributed by atoms with Crippen LogP contribution in [0.4, 0.5) is 4.79 Å². The standard InChI is InChI=1S/C15H20ClN3O2/c1-2-17-15(21)19-10-8-18(9-11-19)14(20)13(16)12-6-4-3-5-7-12/h3-7,13H,2,8-11H2,1H3,(H,17,21). The average Bonchev–Trinajstić information content (AvgIpc) is 2.54. The Kier molecular flexibility index (Phi) is 5.44. The minimum atomic E-state index is -0.665. The second kappa shape index (κ2) is 7.31. The first-order chi connectivity index (χ1) is 10.1. The van der Waals surface area contributed by atoms with E-state index in [0.29, 0.717) is 32.7 Å². The van der Waals surface area contributed by atoms with Gasteiger partial charge in [0.15, 0.2) is 0 Å². The molecule has 3 amide bonds. The minimum Gasteiger partial charge on any atom is -0.338 e. The molecular formula is C15H20ClN3O2. The van der Waals surface area contributed by atoms with Crippen molar-refractivity contribution in [1.82, 2.24) is 15.1 Å². The zero-order chi connectivity index (χ0) is 15.2. The van der Waals surface area contributed by atoms with Crippen LogP contribution >= 0.6 is 11.6 Å². The van der Waals surface area contributed by atoms with Crippen LogP contribution in [0.15, 0.2) is 30.3 Å². The molecule has 1 fully saturated rings. The lowest BCUT2D eigenvalue weighted by Crippen LogP contribution is -2.53. The molecule has 1 N–H and O–H groups in total. The van der Waals surface area contributed by atoms with Gasteiger partial charge in [-0.05, 0) is 12.5 Å². The number of carbonyl (C=O) groups is 2. The van der Waals surface area contributed by atoms with E-state index >= 15 is 0 Å². The topological polar surface area (TPSA) is 52.7 Å². The van der Waals surface area contributed by atoms with Gasteiger partial charge in [-0.25, -0.2) is 4.79 Å². The molecule has 1 aliphatic rings. The van der Waals surface area contributed by atoms with Crippen molar-refractivity contribution >= 4 is 23.5 Å². The summed E-state index contributed by atoms with van der Waals surface area (Å²) < 4.78 is 0. The lowest BCUT2D eigenvalue weighted by molar-refractivity contribution is -0.132. The van der Waals surface area contributed by atoms with Crippen molar-refractivity contribution in [3.63, 3.8) is 0 Å². The van der Waals surface area contributed by atoms with Crippen molar-refractivity contribution < 1.29 is 9.59 Å². The van der Waals surface area contributed by atoms with Crippen LogP contribution < -0.4 is 5.32 Å². The lowest BCUT2D eigenvalue weighted by Gasteiger charge is -2.35. The predicted molar refractivity (Wildman–Crippen MR) is 82.3 cm³/mol. The number of carbonyl (C=O) groups excluding carboxylic acids is 2. The van der Waals surface area contributed by atoms with Gasteiger partial charge >= 0.3 is 6.03 Å². The van der Waals surface area contributed by atoms with Crippen LogP contribution in [0.2, 0.25) is 0 Å². The summed E-state index contributed by atoms with van der Waals surface area (Å²) in [5.41, 5.74) is 0.801. The Morgan fingerprint density at radius 1 is 1.14 bits per heavy atom. The molecule has 0 bridgehead atoms. The number of nitrogens with one attached hydrogen (secondary N) is 1. The summed E-state index contributed by atoms with van der Waals surface area (Å²) in [5.74, 6) is -0.0987. The molecule has 1 unspecified atom stereocenters. The molecule has 0 aromatic heterocycles. The number of piperazine rings is 1. The lowest BCUT2D eigenvalue weighted by atomic mass is 10.1.